The Morgan fingerprint density at radius 2 is 1.65 bits per heavy atom. The van der Waals surface area contributed by atoms with E-state index in [-0.39, 0.29) is 12.2 Å². The first-order chi connectivity index (χ1) is 17.8. The van der Waals surface area contributed by atoms with Gasteiger partial charge in [0.25, 0.3) is 0 Å². The van der Waals surface area contributed by atoms with E-state index in [1.807, 2.05) is 49.4 Å². The number of carbonyl (C=O) groups is 3. The van der Waals surface area contributed by atoms with Crippen molar-refractivity contribution in [3.8, 4) is 5.75 Å². The average molecular weight is 508 g/mol. The lowest BCUT2D eigenvalue weighted by Gasteiger charge is -2.30. The zero-order chi connectivity index (χ0) is 26.4. The van der Waals surface area contributed by atoms with Crippen LogP contribution >= 0.6 is 0 Å². The maximum absolute atomic E-state index is 13.6. The molecule has 1 aliphatic heterocycles. The molecule has 1 saturated carbocycles. The molecule has 1 aliphatic carbocycles. The van der Waals surface area contributed by atoms with E-state index in [0.29, 0.717) is 25.1 Å². The molecular weight excluding hydrogens is 470 g/mol. The number of hydrogen-bond acceptors (Lipinski definition) is 6. The van der Waals surface area contributed by atoms with Crippen LogP contribution in [-0.4, -0.2) is 60.6 Å². The molecule has 0 radical (unpaired) electrons. The Bertz CT molecular complexity index is 1080. The topological polar surface area (TPSA) is 117 Å². The number of piperidine rings is 1. The number of ketones is 1. The molecule has 1 saturated heterocycles. The van der Waals surface area contributed by atoms with Crippen molar-refractivity contribution in [3.05, 3.63) is 65.7 Å². The third-order valence-corrected chi connectivity index (χ3v) is 7.45. The van der Waals surface area contributed by atoms with E-state index >= 15 is 0 Å². The monoisotopic (exact) mass is 507 g/mol. The van der Waals surface area contributed by atoms with Crippen molar-refractivity contribution < 1.29 is 24.2 Å². The number of carbonyl (C=O) groups excluding carboxylic acids is 3. The fourth-order valence-electron chi connectivity index (χ4n) is 4.79. The maximum atomic E-state index is 13.6. The summed E-state index contributed by atoms with van der Waals surface area (Å²) in [4.78, 5) is 40.1. The van der Waals surface area contributed by atoms with E-state index in [1.54, 1.807) is 19.2 Å². The predicted molar refractivity (Wildman–Crippen MR) is 140 cm³/mol. The summed E-state index contributed by atoms with van der Waals surface area (Å²) in [6, 6.07) is 14.5. The van der Waals surface area contributed by atoms with Crippen LogP contribution in [0, 0.1) is 5.41 Å². The normalized spacial score (nSPS) is 21.8. The number of benzene rings is 2. The van der Waals surface area contributed by atoms with Gasteiger partial charge in [-0.1, -0.05) is 49.4 Å². The number of ether oxygens (including phenoxy) is 1. The minimum absolute atomic E-state index is 0.0172. The molecule has 8 nitrogen and oxygen atoms in total. The summed E-state index contributed by atoms with van der Waals surface area (Å²) in [6.07, 6.45) is 2.71. The van der Waals surface area contributed by atoms with Crippen molar-refractivity contribution in [1.29, 1.82) is 0 Å². The van der Waals surface area contributed by atoms with Gasteiger partial charge in [-0.3, -0.25) is 14.4 Å². The van der Waals surface area contributed by atoms with Gasteiger partial charge in [-0.2, -0.15) is 0 Å². The quantitative estimate of drug-likeness (QED) is 0.369. The van der Waals surface area contributed by atoms with E-state index in [4.69, 9.17) is 4.74 Å². The number of amides is 2. The summed E-state index contributed by atoms with van der Waals surface area (Å²) in [5.74, 6) is -0.146. The second-order valence-corrected chi connectivity index (χ2v) is 10.4. The Morgan fingerprint density at radius 3 is 2.27 bits per heavy atom. The van der Waals surface area contributed by atoms with Gasteiger partial charge >= 0.3 is 0 Å². The van der Waals surface area contributed by atoms with Crippen molar-refractivity contribution in [2.75, 3.05) is 13.7 Å². The van der Waals surface area contributed by atoms with Crippen LogP contribution in [0.1, 0.15) is 43.7 Å². The minimum Gasteiger partial charge on any atom is -0.497 e. The Balaban J connectivity index is 1.54. The predicted octanol–water partition coefficient (Wildman–Crippen LogP) is 1.93. The van der Waals surface area contributed by atoms with Crippen LogP contribution in [-0.2, 0) is 27.2 Å². The summed E-state index contributed by atoms with van der Waals surface area (Å²) in [5.41, 5.74) is 1.37. The largest absolute Gasteiger partial charge is 0.497 e. The van der Waals surface area contributed by atoms with Gasteiger partial charge in [0.15, 0.2) is 5.78 Å². The van der Waals surface area contributed by atoms with E-state index in [2.05, 4.69) is 16.0 Å². The smallest absolute Gasteiger partial charge is 0.243 e. The molecule has 37 heavy (non-hydrogen) atoms. The molecule has 198 valence electrons. The summed E-state index contributed by atoms with van der Waals surface area (Å²) < 4.78 is 5.23. The molecule has 4 atom stereocenters. The van der Waals surface area contributed by atoms with Gasteiger partial charge in [0, 0.05) is 11.8 Å². The third-order valence-electron chi connectivity index (χ3n) is 7.45. The summed E-state index contributed by atoms with van der Waals surface area (Å²) in [7, 11) is 1.58. The van der Waals surface area contributed by atoms with E-state index in [0.717, 1.165) is 30.4 Å². The number of rotatable bonds is 11. The molecule has 2 fully saturated rings. The highest BCUT2D eigenvalue weighted by Crippen LogP contribution is 2.46. The number of aliphatic hydroxyl groups excluding tert-OH is 1. The van der Waals surface area contributed by atoms with Gasteiger partial charge in [-0.15, -0.1) is 0 Å². The number of Topliss-reactive ketones (excluding diaryl/α,β-unsaturated/α-hetero) is 1. The van der Waals surface area contributed by atoms with Gasteiger partial charge < -0.3 is 25.8 Å². The molecule has 0 aromatic heterocycles. The van der Waals surface area contributed by atoms with E-state index < -0.39 is 41.5 Å². The number of aliphatic hydroxyl groups is 1. The summed E-state index contributed by atoms with van der Waals surface area (Å²) >= 11 is 0. The van der Waals surface area contributed by atoms with Crippen LogP contribution in [0.3, 0.4) is 0 Å². The van der Waals surface area contributed by atoms with Crippen molar-refractivity contribution >= 4 is 17.6 Å². The number of methoxy groups -OCH3 is 1. The Morgan fingerprint density at radius 1 is 1.00 bits per heavy atom. The lowest BCUT2D eigenvalue weighted by Crippen LogP contribution is -2.60. The van der Waals surface area contributed by atoms with Crippen LogP contribution in [0.4, 0.5) is 0 Å². The number of hydrogen-bond donors (Lipinski definition) is 4. The second kappa shape index (κ2) is 11.9. The molecular formula is C29H37N3O5. The molecule has 4 rings (SSSR count). The van der Waals surface area contributed by atoms with Crippen LogP contribution in [0.25, 0.3) is 0 Å². The van der Waals surface area contributed by atoms with Gasteiger partial charge in [0.05, 0.1) is 19.3 Å². The van der Waals surface area contributed by atoms with Crippen molar-refractivity contribution in [2.45, 2.75) is 69.7 Å². The highest BCUT2D eigenvalue weighted by Gasteiger charge is 2.48. The van der Waals surface area contributed by atoms with Gasteiger partial charge in [0.1, 0.15) is 17.8 Å². The molecule has 2 aliphatic rings. The first-order valence-corrected chi connectivity index (χ1v) is 13.0. The van der Waals surface area contributed by atoms with E-state index in [1.165, 1.54) is 0 Å². The first-order valence-electron chi connectivity index (χ1n) is 13.0. The molecule has 2 aromatic rings. The van der Waals surface area contributed by atoms with Crippen LogP contribution in [0.15, 0.2) is 54.6 Å². The molecule has 4 N–H and O–H groups in total. The Kier molecular flexibility index (Phi) is 8.61. The van der Waals surface area contributed by atoms with Gasteiger partial charge in [-0.25, -0.2) is 0 Å². The van der Waals surface area contributed by atoms with E-state index in [9.17, 15) is 19.5 Å². The molecule has 0 unspecified atom stereocenters. The fourth-order valence-corrected chi connectivity index (χ4v) is 4.79. The third kappa shape index (κ3) is 6.96. The summed E-state index contributed by atoms with van der Waals surface area (Å²) in [5, 5.41) is 19.2. The Labute approximate surface area is 218 Å². The van der Waals surface area contributed by atoms with Crippen LogP contribution < -0.4 is 20.7 Å². The SMILES string of the molecule is COc1ccc(C[C@H](NC(=O)[C@@H]2NCCC[C@@H]2O)C(=O)N[C@@H](Cc2ccccc2)C(=O)C2(C)CC2)cc1. The zero-order valence-corrected chi connectivity index (χ0v) is 21.5. The number of nitrogens with one attached hydrogen (secondary N) is 3. The first kappa shape index (κ1) is 26.8. The standard InChI is InChI=1S/C29H37N3O5/c1-29(14-15-29)26(34)22(17-19-7-4-3-5-8-19)31-27(35)23(18-20-10-12-21(37-2)13-11-20)32-28(36)25-24(33)9-6-16-30-25/h3-5,7-8,10-13,22-25,30,33H,6,9,14-18H2,1-2H3,(H,31,35)(H,32,36)/t22-,23-,24-,25+/m0/s1. The van der Waals surface area contributed by atoms with Gasteiger partial charge in [-0.05, 0) is 61.9 Å². The van der Waals surface area contributed by atoms with Crippen LogP contribution in [0.2, 0.25) is 0 Å². The fraction of sp³-hybridized carbons (Fsp3) is 0.483. The summed E-state index contributed by atoms with van der Waals surface area (Å²) in [6.45, 7) is 2.56. The lowest BCUT2D eigenvalue weighted by molar-refractivity contribution is -0.134. The van der Waals surface area contributed by atoms with Gasteiger partial charge in [0.2, 0.25) is 11.8 Å². The van der Waals surface area contributed by atoms with Crippen molar-refractivity contribution in [3.63, 3.8) is 0 Å². The highest BCUT2D eigenvalue weighted by molar-refractivity contribution is 5.97. The lowest BCUT2D eigenvalue weighted by atomic mass is 9.92. The Hall–Kier alpha value is -3.23. The minimum atomic E-state index is -0.921. The molecule has 8 heteroatoms. The maximum Gasteiger partial charge on any atom is 0.243 e. The zero-order valence-electron chi connectivity index (χ0n) is 21.5. The molecule has 1 heterocycles. The molecule has 0 spiro atoms. The molecule has 0 bridgehead atoms. The van der Waals surface area contributed by atoms with Crippen molar-refractivity contribution in [1.82, 2.24) is 16.0 Å². The highest BCUT2D eigenvalue weighted by atomic mass is 16.5. The molecule has 2 aromatic carbocycles. The molecule has 2 amide bonds. The van der Waals surface area contributed by atoms with Crippen molar-refractivity contribution in [2.24, 2.45) is 5.41 Å². The van der Waals surface area contributed by atoms with Crippen LogP contribution in [0.5, 0.6) is 5.75 Å². The second-order valence-electron chi connectivity index (χ2n) is 10.4. The average Bonchev–Trinajstić information content (AvgIpc) is 3.67.